The van der Waals surface area contributed by atoms with Gasteiger partial charge in [-0.05, 0) is 23.8 Å². The minimum atomic E-state index is -0.582. The van der Waals surface area contributed by atoms with Crippen LogP contribution in [0.2, 0.25) is 0 Å². The first-order valence-electron chi connectivity index (χ1n) is 6.96. The molecule has 5 nitrogen and oxygen atoms in total. The maximum absolute atomic E-state index is 13.1. The Morgan fingerprint density at radius 1 is 1.23 bits per heavy atom. The summed E-state index contributed by atoms with van der Waals surface area (Å²) < 4.78 is 24.0. The largest absolute Gasteiger partial charge is 0.493 e. The maximum atomic E-state index is 13.1. The van der Waals surface area contributed by atoms with Crippen molar-refractivity contribution in [2.24, 2.45) is 4.99 Å². The fourth-order valence-corrected chi connectivity index (χ4v) is 2.23. The van der Waals surface area contributed by atoms with Crippen molar-refractivity contribution in [3.8, 4) is 17.4 Å². The molecule has 2 aromatic rings. The second-order valence-corrected chi connectivity index (χ2v) is 4.88. The lowest BCUT2D eigenvalue weighted by atomic mass is 10.2. The molecule has 0 atom stereocenters. The zero-order valence-corrected chi connectivity index (χ0v) is 12.2. The van der Waals surface area contributed by atoms with Gasteiger partial charge in [0.25, 0.3) is 0 Å². The summed E-state index contributed by atoms with van der Waals surface area (Å²) in [6.07, 6.45) is 1.85. The first kappa shape index (κ1) is 14.3. The van der Waals surface area contributed by atoms with E-state index in [4.69, 9.17) is 9.47 Å². The minimum Gasteiger partial charge on any atom is -0.493 e. The van der Waals surface area contributed by atoms with E-state index >= 15 is 0 Å². The molecule has 2 heterocycles. The van der Waals surface area contributed by atoms with Crippen LogP contribution in [0.15, 0.2) is 41.4 Å². The number of ether oxygens (including phenoxy) is 2. The summed E-state index contributed by atoms with van der Waals surface area (Å²) in [6, 6.07) is 10.1. The van der Waals surface area contributed by atoms with Gasteiger partial charge in [0, 0.05) is 19.2 Å². The average Bonchev–Trinajstić information content (AvgIpc) is 3.02. The van der Waals surface area contributed by atoms with Crippen LogP contribution in [0.1, 0.15) is 5.56 Å². The SMILES string of the molecule is COc1cc(CN2C=NCC2)ccc1Oc1cccc(F)n1. The summed E-state index contributed by atoms with van der Waals surface area (Å²) >= 11 is 0. The zero-order chi connectivity index (χ0) is 15.4. The highest BCUT2D eigenvalue weighted by molar-refractivity contribution is 5.57. The van der Waals surface area contributed by atoms with Gasteiger partial charge in [0.15, 0.2) is 11.5 Å². The van der Waals surface area contributed by atoms with E-state index in [0.717, 1.165) is 25.2 Å². The van der Waals surface area contributed by atoms with E-state index in [0.29, 0.717) is 11.5 Å². The van der Waals surface area contributed by atoms with Crippen LogP contribution in [0, 0.1) is 5.95 Å². The van der Waals surface area contributed by atoms with E-state index < -0.39 is 5.95 Å². The molecule has 0 saturated heterocycles. The Labute approximate surface area is 128 Å². The van der Waals surface area contributed by atoms with Crippen molar-refractivity contribution in [2.45, 2.75) is 6.54 Å². The van der Waals surface area contributed by atoms with E-state index in [1.165, 1.54) is 6.07 Å². The van der Waals surface area contributed by atoms with E-state index in [1.54, 1.807) is 25.3 Å². The molecule has 0 aliphatic carbocycles. The van der Waals surface area contributed by atoms with Gasteiger partial charge in [-0.1, -0.05) is 12.1 Å². The average molecular weight is 301 g/mol. The van der Waals surface area contributed by atoms with Gasteiger partial charge in [0.05, 0.1) is 20.0 Å². The Kier molecular flexibility index (Phi) is 4.18. The molecule has 0 saturated carbocycles. The van der Waals surface area contributed by atoms with Crippen LogP contribution < -0.4 is 9.47 Å². The van der Waals surface area contributed by atoms with Crippen LogP contribution in [0.5, 0.6) is 17.4 Å². The van der Waals surface area contributed by atoms with Crippen LogP contribution in [0.4, 0.5) is 4.39 Å². The molecule has 0 fully saturated rings. The third-order valence-corrected chi connectivity index (χ3v) is 3.28. The number of methoxy groups -OCH3 is 1. The summed E-state index contributed by atoms with van der Waals surface area (Å²) in [5, 5.41) is 0. The van der Waals surface area contributed by atoms with Crippen molar-refractivity contribution < 1.29 is 13.9 Å². The van der Waals surface area contributed by atoms with Crippen LogP contribution in [0.25, 0.3) is 0 Å². The highest BCUT2D eigenvalue weighted by Gasteiger charge is 2.11. The van der Waals surface area contributed by atoms with Crippen LogP contribution in [-0.2, 0) is 6.54 Å². The number of hydrogen-bond donors (Lipinski definition) is 0. The Morgan fingerprint density at radius 2 is 2.14 bits per heavy atom. The van der Waals surface area contributed by atoms with Crippen LogP contribution in [-0.4, -0.2) is 36.4 Å². The fraction of sp³-hybridized carbons (Fsp3) is 0.250. The Bertz CT molecular complexity index is 691. The molecule has 1 aromatic heterocycles. The van der Waals surface area contributed by atoms with Crippen molar-refractivity contribution in [2.75, 3.05) is 20.2 Å². The van der Waals surface area contributed by atoms with E-state index in [-0.39, 0.29) is 5.88 Å². The minimum absolute atomic E-state index is 0.192. The first-order chi connectivity index (χ1) is 10.7. The molecule has 1 aromatic carbocycles. The maximum Gasteiger partial charge on any atom is 0.222 e. The molecule has 1 aliphatic rings. The summed E-state index contributed by atoms with van der Waals surface area (Å²) in [6.45, 7) is 2.52. The van der Waals surface area contributed by atoms with E-state index in [9.17, 15) is 4.39 Å². The number of nitrogens with zero attached hydrogens (tertiary/aromatic N) is 3. The predicted octanol–water partition coefficient (Wildman–Crippen LogP) is 2.87. The fourth-order valence-electron chi connectivity index (χ4n) is 2.23. The summed E-state index contributed by atoms with van der Waals surface area (Å²) in [4.78, 5) is 9.99. The van der Waals surface area contributed by atoms with Crippen molar-refractivity contribution in [1.29, 1.82) is 0 Å². The molecular formula is C16H16FN3O2. The third-order valence-electron chi connectivity index (χ3n) is 3.28. The third kappa shape index (κ3) is 3.33. The monoisotopic (exact) mass is 301 g/mol. The van der Waals surface area contributed by atoms with E-state index in [1.807, 2.05) is 18.5 Å². The molecular weight excluding hydrogens is 285 g/mol. The lowest BCUT2D eigenvalue weighted by Crippen LogP contribution is -2.18. The van der Waals surface area contributed by atoms with Crippen molar-refractivity contribution in [3.05, 3.63) is 47.9 Å². The quantitative estimate of drug-likeness (QED) is 0.797. The van der Waals surface area contributed by atoms with Gasteiger partial charge in [0.2, 0.25) is 11.8 Å². The summed E-state index contributed by atoms with van der Waals surface area (Å²) in [7, 11) is 1.57. The van der Waals surface area contributed by atoms with Gasteiger partial charge < -0.3 is 14.4 Å². The Hall–Kier alpha value is -2.63. The number of rotatable bonds is 5. The Balaban J connectivity index is 1.78. The Morgan fingerprint density at radius 3 is 2.86 bits per heavy atom. The summed E-state index contributed by atoms with van der Waals surface area (Å²) in [5.41, 5.74) is 1.09. The van der Waals surface area contributed by atoms with Gasteiger partial charge in [-0.15, -0.1) is 0 Å². The van der Waals surface area contributed by atoms with Crippen molar-refractivity contribution in [3.63, 3.8) is 0 Å². The van der Waals surface area contributed by atoms with E-state index in [2.05, 4.69) is 14.9 Å². The standard InChI is InChI=1S/C16H16FN3O2/c1-21-14-9-12(10-20-8-7-18-11-20)5-6-13(14)22-16-4-2-3-15(17)19-16/h2-6,9,11H,7-8,10H2,1H3. The molecule has 3 rings (SSSR count). The second kappa shape index (κ2) is 6.43. The van der Waals surface area contributed by atoms with Crippen LogP contribution >= 0.6 is 0 Å². The van der Waals surface area contributed by atoms with Gasteiger partial charge in [-0.3, -0.25) is 4.99 Å². The second-order valence-electron chi connectivity index (χ2n) is 4.88. The number of halogens is 1. The molecule has 0 bridgehead atoms. The number of benzene rings is 1. The lowest BCUT2D eigenvalue weighted by molar-refractivity contribution is 0.369. The molecule has 0 radical (unpaired) electrons. The highest BCUT2D eigenvalue weighted by atomic mass is 19.1. The number of pyridine rings is 1. The number of hydrogen-bond acceptors (Lipinski definition) is 5. The molecule has 114 valence electrons. The summed E-state index contributed by atoms with van der Waals surface area (Å²) in [5.74, 6) is 0.693. The van der Waals surface area contributed by atoms with Crippen molar-refractivity contribution >= 4 is 6.34 Å². The smallest absolute Gasteiger partial charge is 0.222 e. The van der Waals surface area contributed by atoms with Gasteiger partial charge in [-0.25, -0.2) is 0 Å². The van der Waals surface area contributed by atoms with Gasteiger partial charge in [-0.2, -0.15) is 9.37 Å². The predicted molar refractivity (Wildman–Crippen MR) is 81.0 cm³/mol. The van der Waals surface area contributed by atoms with Crippen LogP contribution in [0.3, 0.4) is 0 Å². The molecule has 1 aliphatic heterocycles. The first-order valence-corrected chi connectivity index (χ1v) is 6.96. The normalized spacial score (nSPS) is 13.5. The molecule has 0 unspecified atom stereocenters. The molecule has 6 heteroatoms. The van der Waals surface area contributed by atoms with Gasteiger partial charge >= 0.3 is 0 Å². The molecule has 0 spiro atoms. The molecule has 0 N–H and O–H groups in total. The van der Waals surface area contributed by atoms with Gasteiger partial charge in [0.1, 0.15) is 0 Å². The lowest BCUT2D eigenvalue weighted by Gasteiger charge is -2.16. The number of aliphatic imine (C=N–C) groups is 1. The molecule has 22 heavy (non-hydrogen) atoms. The van der Waals surface area contributed by atoms with Crippen molar-refractivity contribution in [1.82, 2.24) is 9.88 Å². The zero-order valence-electron chi connectivity index (χ0n) is 12.2. The highest BCUT2D eigenvalue weighted by Crippen LogP contribution is 2.32. The number of aromatic nitrogens is 1. The molecule has 0 amide bonds. The topological polar surface area (TPSA) is 47.0 Å².